The van der Waals surface area contributed by atoms with Gasteiger partial charge in [0.15, 0.2) is 0 Å². The fraction of sp³-hybridized carbons (Fsp3) is 0.533. The maximum Gasteiger partial charge on any atom is 0.220 e. The number of aliphatic hydroxyl groups excluding tert-OH is 1. The van der Waals surface area contributed by atoms with Crippen LogP contribution in [0.25, 0.3) is 0 Å². The monoisotopic (exact) mass is 247 g/mol. The van der Waals surface area contributed by atoms with Gasteiger partial charge in [0.25, 0.3) is 0 Å². The maximum absolute atomic E-state index is 11.8. The van der Waals surface area contributed by atoms with Crippen molar-refractivity contribution < 1.29 is 9.90 Å². The van der Waals surface area contributed by atoms with Crippen LogP contribution in [0.2, 0.25) is 0 Å². The van der Waals surface area contributed by atoms with Crippen LogP contribution in [0.4, 0.5) is 0 Å². The Hall–Kier alpha value is -1.35. The Bertz CT molecular complexity index is 373. The van der Waals surface area contributed by atoms with E-state index in [2.05, 4.69) is 5.32 Å². The second kappa shape index (κ2) is 6.55. The van der Waals surface area contributed by atoms with Gasteiger partial charge in [-0.05, 0) is 30.7 Å². The Morgan fingerprint density at radius 1 is 1.33 bits per heavy atom. The van der Waals surface area contributed by atoms with Crippen molar-refractivity contribution in [2.45, 2.75) is 38.1 Å². The molecule has 1 aliphatic carbocycles. The fourth-order valence-electron chi connectivity index (χ4n) is 2.31. The minimum atomic E-state index is -0.167. The van der Waals surface area contributed by atoms with Gasteiger partial charge in [-0.25, -0.2) is 0 Å². The third kappa shape index (κ3) is 3.84. The third-order valence-electron chi connectivity index (χ3n) is 3.61. The first-order valence-corrected chi connectivity index (χ1v) is 6.72. The first-order valence-electron chi connectivity index (χ1n) is 6.72. The number of amides is 1. The molecule has 1 atom stereocenters. The van der Waals surface area contributed by atoms with Gasteiger partial charge in [-0.15, -0.1) is 0 Å². The summed E-state index contributed by atoms with van der Waals surface area (Å²) < 4.78 is 0. The van der Waals surface area contributed by atoms with Gasteiger partial charge < -0.3 is 10.4 Å². The number of carbonyl (C=O) groups excluding carboxylic acids is 1. The Morgan fingerprint density at radius 2 is 2.06 bits per heavy atom. The highest BCUT2D eigenvalue weighted by molar-refractivity contribution is 5.76. The topological polar surface area (TPSA) is 49.3 Å². The summed E-state index contributed by atoms with van der Waals surface area (Å²) in [6.45, 7) is -0.00863. The van der Waals surface area contributed by atoms with E-state index in [1.807, 2.05) is 30.3 Å². The van der Waals surface area contributed by atoms with Gasteiger partial charge in [0, 0.05) is 6.42 Å². The number of rotatable bonds is 6. The van der Waals surface area contributed by atoms with Crippen molar-refractivity contribution in [3.05, 3.63) is 35.9 Å². The summed E-state index contributed by atoms with van der Waals surface area (Å²) in [5.41, 5.74) is 1.14. The van der Waals surface area contributed by atoms with Gasteiger partial charge in [-0.2, -0.15) is 0 Å². The third-order valence-corrected chi connectivity index (χ3v) is 3.61. The Kier molecular flexibility index (Phi) is 4.76. The summed E-state index contributed by atoms with van der Waals surface area (Å²) in [6.07, 6.45) is 4.91. The van der Waals surface area contributed by atoms with Gasteiger partial charge in [0.1, 0.15) is 0 Å². The molecule has 0 aromatic heterocycles. The lowest BCUT2D eigenvalue weighted by atomic mass is 9.83. The highest BCUT2D eigenvalue weighted by Crippen LogP contribution is 2.29. The van der Waals surface area contributed by atoms with Crippen LogP contribution in [0.3, 0.4) is 0 Å². The van der Waals surface area contributed by atoms with Crippen LogP contribution in [0, 0.1) is 5.92 Å². The molecule has 0 bridgehead atoms. The minimum absolute atomic E-state index is 0.00863. The summed E-state index contributed by atoms with van der Waals surface area (Å²) in [5, 5.41) is 12.3. The van der Waals surface area contributed by atoms with Crippen LogP contribution < -0.4 is 5.32 Å². The quantitative estimate of drug-likeness (QED) is 0.806. The molecule has 1 amide bonds. The van der Waals surface area contributed by atoms with E-state index < -0.39 is 0 Å². The molecule has 1 aromatic carbocycles. The van der Waals surface area contributed by atoms with Crippen molar-refractivity contribution in [1.29, 1.82) is 0 Å². The molecule has 98 valence electrons. The van der Waals surface area contributed by atoms with E-state index in [1.54, 1.807) is 0 Å². The van der Waals surface area contributed by atoms with Crippen LogP contribution in [0.5, 0.6) is 0 Å². The van der Waals surface area contributed by atoms with E-state index in [0.717, 1.165) is 5.56 Å². The van der Waals surface area contributed by atoms with Crippen molar-refractivity contribution in [3.8, 4) is 0 Å². The van der Waals surface area contributed by atoms with Crippen molar-refractivity contribution in [3.63, 3.8) is 0 Å². The van der Waals surface area contributed by atoms with Crippen molar-refractivity contribution >= 4 is 5.91 Å². The molecule has 2 N–H and O–H groups in total. The van der Waals surface area contributed by atoms with Crippen molar-refractivity contribution in [1.82, 2.24) is 5.32 Å². The summed E-state index contributed by atoms with van der Waals surface area (Å²) in [4.78, 5) is 11.8. The van der Waals surface area contributed by atoms with E-state index in [1.165, 1.54) is 19.3 Å². The molecule has 18 heavy (non-hydrogen) atoms. The molecule has 0 heterocycles. The molecule has 1 aromatic rings. The van der Waals surface area contributed by atoms with Gasteiger partial charge in [0.05, 0.1) is 12.6 Å². The minimum Gasteiger partial charge on any atom is -0.394 e. The average Bonchev–Trinajstić information content (AvgIpc) is 2.34. The van der Waals surface area contributed by atoms with E-state index in [0.29, 0.717) is 18.8 Å². The molecule has 2 rings (SSSR count). The zero-order valence-corrected chi connectivity index (χ0v) is 10.6. The van der Waals surface area contributed by atoms with Gasteiger partial charge in [-0.1, -0.05) is 36.8 Å². The lowest BCUT2D eigenvalue weighted by molar-refractivity contribution is -0.123. The smallest absolute Gasteiger partial charge is 0.220 e. The molecule has 1 fully saturated rings. The predicted molar refractivity (Wildman–Crippen MR) is 71.1 cm³/mol. The molecule has 1 saturated carbocycles. The van der Waals surface area contributed by atoms with Crippen LogP contribution in [-0.2, 0) is 11.2 Å². The fourth-order valence-corrected chi connectivity index (χ4v) is 2.31. The summed E-state index contributed by atoms with van der Waals surface area (Å²) in [7, 11) is 0. The SMILES string of the molecule is O=C(CC1CCC1)N[C@@H](CO)Cc1ccccc1. The number of benzene rings is 1. The molecule has 1 aliphatic rings. The van der Waals surface area contributed by atoms with E-state index in [-0.39, 0.29) is 18.6 Å². The number of aliphatic hydroxyl groups is 1. The average molecular weight is 247 g/mol. The summed E-state index contributed by atoms with van der Waals surface area (Å²) in [5.74, 6) is 0.649. The summed E-state index contributed by atoms with van der Waals surface area (Å²) in [6, 6.07) is 9.77. The van der Waals surface area contributed by atoms with Gasteiger partial charge in [-0.3, -0.25) is 4.79 Å². The standard InChI is InChI=1S/C15H21NO2/c17-11-14(9-12-5-2-1-3-6-12)16-15(18)10-13-7-4-8-13/h1-3,5-6,13-14,17H,4,7-11H2,(H,16,18)/t14-/m1/s1. The number of carbonyl (C=O) groups is 1. The molecular weight excluding hydrogens is 226 g/mol. The largest absolute Gasteiger partial charge is 0.394 e. The molecule has 3 nitrogen and oxygen atoms in total. The molecule has 0 spiro atoms. The van der Waals surface area contributed by atoms with Gasteiger partial charge >= 0.3 is 0 Å². The molecule has 0 saturated heterocycles. The summed E-state index contributed by atoms with van der Waals surface area (Å²) >= 11 is 0. The lowest BCUT2D eigenvalue weighted by Gasteiger charge is -2.25. The predicted octanol–water partition coefficient (Wildman–Crippen LogP) is 1.90. The van der Waals surface area contributed by atoms with E-state index in [9.17, 15) is 9.90 Å². The highest BCUT2D eigenvalue weighted by Gasteiger charge is 2.21. The van der Waals surface area contributed by atoms with Crippen molar-refractivity contribution in [2.75, 3.05) is 6.61 Å². The molecular formula is C15H21NO2. The first kappa shape index (κ1) is 13.1. The van der Waals surface area contributed by atoms with Crippen molar-refractivity contribution in [2.24, 2.45) is 5.92 Å². The zero-order chi connectivity index (χ0) is 12.8. The van der Waals surface area contributed by atoms with Crippen LogP contribution >= 0.6 is 0 Å². The second-order valence-electron chi connectivity index (χ2n) is 5.14. The Labute approximate surface area is 108 Å². The lowest BCUT2D eigenvalue weighted by Crippen LogP contribution is -2.40. The Morgan fingerprint density at radius 3 is 2.61 bits per heavy atom. The van der Waals surface area contributed by atoms with Crippen LogP contribution in [0.15, 0.2) is 30.3 Å². The number of hydrogen-bond acceptors (Lipinski definition) is 2. The Balaban J connectivity index is 1.79. The zero-order valence-electron chi connectivity index (χ0n) is 10.6. The van der Waals surface area contributed by atoms with E-state index in [4.69, 9.17) is 0 Å². The van der Waals surface area contributed by atoms with Crippen LogP contribution in [-0.4, -0.2) is 23.7 Å². The second-order valence-corrected chi connectivity index (χ2v) is 5.14. The number of nitrogens with one attached hydrogen (secondary N) is 1. The first-order chi connectivity index (χ1) is 8.78. The van der Waals surface area contributed by atoms with Gasteiger partial charge in [0.2, 0.25) is 5.91 Å². The maximum atomic E-state index is 11.8. The molecule has 0 unspecified atom stereocenters. The normalized spacial score (nSPS) is 16.9. The highest BCUT2D eigenvalue weighted by atomic mass is 16.3. The van der Waals surface area contributed by atoms with E-state index >= 15 is 0 Å². The number of hydrogen-bond donors (Lipinski definition) is 2. The van der Waals surface area contributed by atoms with Crippen LogP contribution in [0.1, 0.15) is 31.2 Å². The molecule has 0 aliphatic heterocycles. The molecule has 3 heteroatoms. The molecule has 0 radical (unpaired) electrons.